The van der Waals surface area contributed by atoms with Gasteiger partial charge in [0.05, 0.1) is 20.8 Å². The van der Waals surface area contributed by atoms with Gasteiger partial charge in [0.25, 0.3) is 0 Å². The molecule has 1 aliphatic rings. The van der Waals surface area contributed by atoms with E-state index in [2.05, 4.69) is 23.2 Å². The van der Waals surface area contributed by atoms with E-state index >= 15 is 0 Å². The van der Waals surface area contributed by atoms with Gasteiger partial charge in [-0.2, -0.15) is 0 Å². The lowest BCUT2D eigenvalue weighted by Gasteiger charge is -2.25. The zero-order valence-electron chi connectivity index (χ0n) is 13.7. The molecule has 0 bridgehead atoms. The molecule has 22 heavy (non-hydrogen) atoms. The first kappa shape index (κ1) is 16.6. The molecule has 0 aromatic heterocycles. The Bertz CT molecular complexity index is 505. The van der Waals surface area contributed by atoms with E-state index in [1.54, 1.807) is 14.2 Å². The summed E-state index contributed by atoms with van der Waals surface area (Å²) in [5, 5.41) is 2.95. The zero-order valence-corrected chi connectivity index (χ0v) is 13.7. The van der Waals surface area contributed by atoms with Crippen LogP contribution >= 0.6 is 0 Å². The van der Waals surface area contributed by atoms with E-state index in [4.69, 9.17) is 9.47 Å². The van der Waals surface area contributed by atoms with Crippen LogP contribution in [-0.4, -0.2) is 44.7 Å². The molecular formula is C17H26N2O3. The highest BCUT2D eigenvalue weighted by atomic mass is 16.5. The number of nitrogens with one attached hydrogen (secondary N) is 1. The van der Waals surface area contributed by atoms with Gasteiger partial charge in [0.15, 0.2) is 11.5 Å². The molecule has 1 amide bonds. The van der Waals surface area contributed by atoms with Crippen LogP contribution < -0.4 is 14.8 Å². The van der Waals surface area contributed by atoms with Gasteiger partial charge >= 0.3 is 0 Å². The summed E-state index contributed by atoms with van der Waals surface area (Å²) in [5.41, 5.74) is 1.18. The molecule has 5 heteroatoms. The number of ether oxygens (including phenoxy) is 2. The van der Waals surface area contributed by atoms with Gasteiger partial charge in [-0.1, -0.05) is 13.0 Å². The van der Waals surface area contributed by atoms with Crippen LogP contribution in [0.15, 0.2) is 18.2 Å². The predicted molar refractivity (Wildman–Crippen MR) is 86.4 cm³/mol. The first-order valence-electron chi connectivity index (χ1n) is 7.92. The summed E-state index contributed by atoms with van der Waals surface area (Å²) < 4.78 is 10.7. The number of hydrogen-bond acceptors (Lipinski definition) is 4. The highest BCUT2D eigenvalue weighted by Crippen LogP contribution is 2.36. The molecule has 1 aliphatic heterocycles. The molecule has 1 saturated heterocycles. The van der Waals surface area contributed by atoms with Crippen LogP contribution in [-0.2, 0) is 4.79 Å². The molecule has 1 aromatic carbocycles. The van der Waals surface area contributed by atoms with Crippen molar-refractivity contribution in [3.05, 3.63) is 23.8 Å². The lowest BCUT2D eigenvalue weighted by atomic mass is 10.0. The molecule has 1 heterocycles. The SMILES string of the molecule is CCCNC(=O)CN1CCCC1c1ccc(OC)c(OC)c1. The van der Waals surface area contributed by atoms with E-state index in [0.717, 1.165) is 43.9 Å². The van der Waals surface area contributed by atoms with Gasteiger partial charge < -0.3 is 14.8 Å². The standard InChI is InChI=1S/C17H26N2O3/c1-4-9-18-17(20)12-19-10-5-6-14(19)13-7-8-15(21-2)16(11-13)22-3/h7-8,11,14H,4-6,9-10,12H2,1-3H3,(H,18,20). The van der Waals surface area contributed by atoms with Crippen LogP contribution in [0.25, 0.3) is 0 Å². The highest BCUT2D eigenvalue weighted by molar-refractivity contribution is 5.78. The van der Waals surface area contributed by atoms with Crippen molar-refractivity contribution in [2.45, 2.75) is 32.2 Å². The lowest BCUT2D eigenvalue weighted by Crippen LogP contribution is -2.37. The van der Waals surface area contributed by atoms with Crippen molar-refractivity contribution >= 4 is 5.91 Å². The average molecular weight is 306 g/mol. The van der Waals surface area contributed by atoms with E-state index in [0.29, 0.717) is 6.54 Å². The number of amides is 1. The van der Waals surface area contributed by atoms with Gasteiger partial charge in [0.1, 0.15) is 0 Å². The summed E-state index contributed by atoms with van der Waals surface area (Å²) in [6.45, 7) is 4.22. The minimum atomic E-state index is 0.106. The molecule has 122 valence electrons. The quantitative estimate of drug-likeness (QED) is 0.840. The maximum atomic E-state index is 12.0. The Balaban J connectivity index is 2.08. The van der Waals surface area contributed by atoms with Crippen molar-refractivity contribution in [3.63, 3.8) is 0 Å². The van der Waals surface area contributed by atoms with Gasteiger partial charge in [-0.05, 0) is 43.5 Å². The van der Waals surface area contributed by atoms with Crippen molar-refractivity contribution in [1.82, 2.24) is 10.2 Å². The second kappa shape index (κ2) is 8.03. The number of methoxy groups -OCH3 is 2. The maximum Gasteiger partial charge on any atom is 0.234 e. The first-order valence-corrected chi connectivity index (χ1v) is 7.92. The summed E-state index contributed by atoms with van der Waals surface area (Å²) in [6.07, 6.45) is 3.14. The largest absolute Gasteiger partial charge is 0.493 e. The number of carbonyl (C=O) groups is 1. The number of hydrogen-bond donors (Lipinski definition) is 1. The minimum absolute atomic E-state index is 0.106. The number of nitrogens with zero attached hydrogens (tertiary/aromatic N) is 1. The number of rotatable bonds is 7. The molecule has 0 spiro atoms. The van der Waals surface area contributed by atoms with E-state index in [1.165, 1.54) is 5.56 Å². The Morgan fingerprint density at radius 3 is 2.77 bits per heavy atom. The fraction of sp³-hybridized carbons (Fsp3) is 0.588. The van der Waals surface area contributed by atoms with E-state index in [1.807, 2.05) is 12.1 Å². The molecule has 1 atom stereocenters. The summed E-state index contributed by atoms with van der Waals surface area (Å²) in [5.74, 6) is 1.58. The second-order valence-corrected chi connectivity index (χ2v) is 5.59. The Kier molecular flexibility index (Phi) is 6.07. The third-order valence-corrected chi connectivity index (χ3v) is 4.07. The van der Waals surface area contributed by atoms with Gasteiger partial charge in [0, 0.05) is 12.6 Å². The molecule has 0 aliphatic carbocycles. The minimum Gasteiger partial charge on any atom is -0.493 e. The topological polar surface area (TPSA) is 50.8 Å². The van der Waals surface area contributed by atoms with Crippen LogP contribution in [0.1, 0.15) is 37.8 Å². The molecule has 0 radical (unpaired) electrons. The highest BCUT2D eigenvalue weighted by Gasteiger charge is 2.28. The Hall–Kier alpha value is -1.75. The van der Waals surface area contributed by atoms with Crippen molar-refractivity contribution in [2.24, 2.45) is 0 Å². The Morgan fingerprint density at radius 2 is 2.09 bits per heavy atom. The average Bonchev–Trinajstić information content (AvgIpc) is 3.00. The molecule has 5 nitrogen and oxygen atoms in total. The monoisotopic (exact) mass is 306 g/mol. The zero-order chi connectivity index (χ0) is 15.9. The molecular weight excluding hydrogens is 280 g/mol. The fourth-order valence-corrected chi connectivity index (χ4v) is 2.96. The molecule has 0 saturated carbocycles. The molecule has 1 unspecified atom stereocenters. The third kappa shape index (κ3) is 3.91. The van der Waals surface area contributed by atoms with Crippen molar-refractivity contribution in [2.75, 3.05) is 33.9 Å². The maximum absolute atomic E-state index is 12.0. The first-order chi connectivity index (χ1) is 10.7. The molecule has 1 N–H and O–H groups in total. The van der Waals surface area contributed by atoms with E-state index in [9.17, 15) is 4.79 Å². The summed E-state index contributed by atoms with van der Waals surface area (Å²) in [4.78, 5) is 14.2. The third-order valence-electron chi connectivity index (χ3n) is 4.07. The number of benzene rings is 1. The Labute approximate surface area is 132 Å². The van der Waals surface area contributed by atoms with Crippen LogP contribution in [0.5, 0.6) is 11.5 Å². The fourth-order valence-electron chi connectivity index (χ4n) is 2.96. The van der Waals surface area contributed by atoms with Crippen LogP contribution in [0, 0.1) is 0 Å². The van der Waals surface area contributed by atoms with Crippen LogP contribution in [0.3, 0.4) is 0 Å². The predicted octanol–water partition coefficient (Wildman–Crippen LogP) is 2.37. The Morgan fingerprint density at radius 1 is 1.32 bits per heavy atom. The van der Waals surface area contributed by atoms with Crippen LogP contribution in [0.4, 0.5) is 0 Å². The van der Waals surface area contributed by atoms with Gasteiger partial charge in [-0.3, -0.25) is 9.69 Å². The smallest absolute Gasteiger partial charge is 0.234 e. The number of carbonyl (C=O) groups excluding carboxylic acids is 1. The van der Waals surface area contributed by atoms with E-state index < -0.39 is 0 Å². The van der Waals surface area contributed by atoms with E-state index in [-0.39, 0.29) is 11.9 Å². The lowest BCUT2D eigenvalue weighted by molar-refractivity contribution is -0.122. The summed E-state index contributed by atoms with van der Waals surface area (Å²) in [6, 6.07) is 6.29. The summed E-state index contributed by atoms with van der Waals surface area (Å²) in [7, 11) is 3.28. The molecule has 2 rings (SSSR count). The second-order valence-electron chi connectivity index (χ2n) is 5.59. The van der Waals surface area contributed by atoms with Gasteiger partial charge in [-0.15, -0.1) is 0 Å². The number of likely N-dealkylation sites (tertiary alicyclic amines) is 1. The normalized spacial score (nSPS) is 18.2. The van der Waals surface area contributed by atoms with Gasteiger partial charge in [-0.25, -0.2) is 0 Å². The molecule has 1 aromatic rings. The van der Waals surface area contributed by atoms with Crippen molar-refractivity contribution in [1.29, 1.82) is 0 Å². The van der Waals surface area contributed by atoms with Crippen molar-refractivity contribution in [3.8, 4) is 11.5 Å². The summed E-state index contributed by atoms with van der Waals surface area (Å²) >= 11 is 0. The molecule has 1 fully saturated rings. The van der Waals surface area contributed by atoms with Gasteiger partial charge in [0.2, 0.25) is 5.91 Å². The van der Waals surface area contributed by atoms with Crippen molar-refractivity contribution < 1.29 is 14.3 Å². The van der Waals surface area contributed by atoms with Crippen LogP contribution in [0.2, 0.25) is 0 Å².